The highest BCUT2D eigenvalue weighted by molar-refractivity contribution is 9.11. The van der Waals surface area contributed by atoms with Crippen LogP contribution in [0.2, 0.25) is 0 Å². The van der Waals surface area contributed by atoms with Crippen molar-refractivity contribution in [1.29, 1.82) is 0 Å². The van der Waals surface area contributed by atoms with Gasteiger partial charge in [0.15, 0.2) is 0 Å². The number of thiophene rings is 1. The maximum absolute atomic E-state index is 10.2. The second-order valence-electron chi connectivity index (χ2n) is 4.80. The van der Waals surface area contributed by atoms with Gasteiger partial charge >= 0.3 is 0 Å². The minimum Gasteiger partial charge on any atom is -0.388 e. The molecule has 1 N–H and O–H groups in total. The lowest BCUT2D eigenvalue weighted by Gasteiger charge is -2.10. The molecule has 0 radical (unpaired) electrons. The first-order valence-corrected chi connectivity index (χ1v) is 7.74. The lowest BCUT2D eigenvalue weighted by atomic mass is 9.98. The topological polar surface area (TPSA) is 20.2 Å². The first-order chi connectivity index (χ1) is 8.56. The largest absolute Gasteiger partial charge is 0.388 e. The molecule has 0 spiro atoms. The maximum Gasteiger partial charge on any atom is 0.0838 e. The molecular formula is C15H17BrOS. The van der Waals surface area contributed by atoms with Gasteiger partial charge in [0.25, 0.3) is 0 Å². The van der Waals surface area contributed by atoms with Gasteiger partial charge in [0.1, 0.15) is 0 Å². The lowest BCUT2D eigenvalue weighted by Crippen LogP contribution is -2.00. The summed E-state index contributed by atoms with van der Waals surface area (Å²) in [4.78, 5) is 0. The first kappa shape index (κ1) is 13.8. The summed E-state index contributed by atoms with van der Waals surface area (Å²) >= 11 is 5.03. The Hall–Kier alpha value is -0.640. The zero-order valence-corrected chi connectivity index (χ0v) is 13.0. The van der Waals surface area contributed by atoms with E-state index in [-0.39, 0.29) is 0 Å². The van der Waals surface area contributed by atoms with Crippen LogP contribution in [0.3, 0.4) is 0 Å². The molecule has 1 aromatic heterocycles. The molecule has 2 rings (SSSR count). The highest BCUT2D eigenvalue weighted by Gasteiger charge is 2.10. The van der Waals surface area contributed by atoms with Gasteiger partial charge in [0.2, 0.25) is 0 Å². The molecule has 18 heavy (non-hydrogen) atoms. The van der Waals surface area contributed by atoms with Gasteiger partial charge < -0.3 is 5.11 Å². The third-order valence-corrected chi connectivity index (χ3v) is 4.57. The fraction of sp³-hybridized carbons (Fsp3) is 0.333. The Labute approximate surface area is 121 Å². The number of halogens is 1. The number of aliphatic hydroxyl groups is 1. The molecule has 2 aromatic rings. The molecule has 0 fully saturated rings. The molecule has 1 nitrogen and oxygen atoms in total. The van der Waals surface area contributed by atoms with Crippen molar-refractivity contribution in [2.24, 2.45) is 0 Å². The fourth-order valence-electron chi connectivity index (χ4n) is 1.88. The van der Waals surface area contributed by atoms with Crippen molar-refractivity contribution in [3.63, 3.8) is 0 Å². The minimum absolute atomic E-state index is 0.419. The van der Waals surface area contributed by atoms with E-state index in [1.165, 1.54) is 11.1 Å². The summed E-state index contributed by atoms with van der Waals surface area (Å²) in [5.74, 6) is 0.553. The summed E-state index contributed by atoms with van der Waals surface area (Å²) in [7, 11) is 0. The van der Waals surface area contributed by atoms with Gasteiger partial charge in [-0.2, -0.15) is 0 Å². The van der Waals surface area contributed by atoms with Crippen LogP contribution in [0, 0.1) is 0 Å². The summed E-state index contributed by atoms with van der Waals surface area (Å²) in [6, 6.07) is 10.5. The van der Waals surface area contributed by atoms with Crippen molar-refractivity contribution in [2.75, 3.05) is 0 Å². The van der Waals surface area contributed by atoms with Crippen molar-refractivity contribution in [3.05, 3.63) is 56.2 Å². The summed E-state index contributed by atoms with van der Waals surface area (Å²) in [6.45, 7) is 4.37. The summed E-state index contributed by atoms with van der Waals surface area (Å²) in [5.41, 5.74) is 3.50. The van der Waals surface area contributed by atoms with Crippen LogP contribution in [0.4, 0.5) is 0 Å². The van der Waals surface area contributed by atoms with Crippen LogP contribution in [-0.2, 0) is 6.42 Å². The van der Waals surface area contributed by atoms with E-state index in [4.69, 9.17) is 0 Å². The van der Waals surface area contributed by atoms with Gasteiger partial charge in [0, 0.05) is 6.42 Å². The quantitative estimate of drug-likeness (QED) is 0.847. The van der Waals surface area contributed by atoms with E-state index >= 15 is 0 Å². The normalized spacial score (nSPS) is 12.9. The molecule has 96 valence electrons. The van der Waals surface area contributed by atoms with Crippen molar-refractivity contribution in [2.45, 2.75) is 32.3 Å². The molecular weight excluding hydrogens is 308 g/mol. The maximum atomic E-state index is 10.2. The van der Waals surface area contributed by atoms with E-state index < -0.39 is 6.10 Å². The van der Waals surface area contributed by atoms with E-state index in [9.17, 15) is 5.11 Å². The molecule has 0 aliphatic rings. The third kappa shape index (κ3) is 3.44. The van der Waals surface area contributed by atoms with Gasteiger partial charge in [-0.1, -0.05) is 38.1 Å². The molecule has 0 aliphatic heterocycles. The molecule has 1 atom stereocenters. The molecule has 3 heteroatoms. The van der Waals surface area contributed by atoms with Crippen LogP contribution in [0.25, 0.3) is 0 Å². The molecule has 0 saturated carbocycles. The van der Waals surface area contributed by atoms with Gasteiger partial charge in [-0.3, -0.25) is 0 Å². The van der Waals surface area contributed by atoms with E-state index in [0.29, 0.717) is 12.3 Å². The van der Waals surface area contributed by atoms with E-state index in [0.717, 1.165) is 9.35 Å². The molecule has 0 saturated heterocycles. The molecule has 0 amide bonds. The second-order valence-corrected chi connectivity index (χ2v) is 7.09. The van der Waals surface area contributed by atoms with Crippen molar-refractivity contribution in [1.82, 2.24) is 0 Å². The number of hydrogen-bond donors (Lipinski definition) is 1. The number of rotatable bonds is 4. The van der Waals surface area contributed by atoms with E-state index in [1.54, 1.807) is 11.3 Å². The molecule has 0 aliphatic carbocycles. The highest BCUT2D eigenvalue weighted by Crippen LogP contribution is 2.27. The average molecular weight is 325 g/mol. The van der Waals surface area contributed by atoms with E-state index in [1.807, 2.05) is 11.4 Å². The number of benzene rings is 1. The summed E-state index contributed by atoms with van der Waals surface area (Å²) in [5, 5.41) is 12.1. The predicted octanol–water partition coefficient (Wildman–Crippen LogP) is 4.91. The van der Waals surface area contributed by atoms with Crippen LogP contribution in [0.5, 0.6) is 0 Å². The van der Waals surface area contributed by atoms with Gasteiger partial charge in [-0.15, -0.1) is 11.3 Å². The van der Waals surface area contributed by atoms with Gasteiger partial charge in [-0.05, 0) is 50.0 Å². The Kier molecular flexibility index (Phi) is 4.60. The number of aliphatic hydroxyl groups excluding tert-OH is 1. The number of hydrogen-bond acceptors (Lipinski definition) is 2. The highest BCUT2D eigenvalue weighted by atomic mass is 79.9. The first-order valence-electron chi connectivity index (χ1n) is 6.07. The Morgan fingerprint density at radius 3 is 2.33 bits per heavy atom. The third-order valence-electron chi connectivity index (χ3n) is 3.05. The molecule has 1 aromatic carbocycles. The zero-order chi connectivity index (χ0) is 13.1. The van der Waals surface area contributed by atoms with Crippen LogP contribution in [-0.4, -0.2) is 5.11 Å². The molecule has 0 bridgehead atoms. The fourth-order valence-corrected chi connectivity index (χ4v) is 3.10. The van der Waals surface area contributed by atoms with Crippen molar-refractivity contribution < 1.29 is 5.11 Å². The summed E-state index contributed by atoms with van der Waals surface area (Å²) in [6.07, 6.45) is 0.249. The Morgan fingerprint density at radius 2 is 1.83 bits per heavy atom. The lowest BCUT2D eigenvalue weighted by molar-refractivity contribution is 0.179. The zero-order valence-electron chi connectivity index (χ0n) is 10.6. The summed E-state index contributed by atoms with van der Waals surface area (Å²) < 4.78 is 1.06. The van der Waals surface area contributed by atoms with Crippen LogP contribution in [0.15, 0.2) is 39.5 Å². The van der Waals surface area contributed by atoms with Gasteiger partial charge in [0.05, 0.1) is 9.89 Å². The Bertz CT molecular complexity index is 501. The monoisotopic (exact) mass is 324 g/mol. The standard InChI is InChI=1S/C15H17BrOS/c1-10(2)12-5-3-11(4-6-12)7-14(17)13-8-15(16)18-9-13/h3-6,8-10,14,17H,7H2,1-2H3. The van der Waals surface area contributed by atoms with E-state index in [2.05, 4.69) is 54.0 Å². The molecule has 1 heterocycles. The smallest absolute Gasteiger partial charge is 0.0838 e. The second kappa shape index (κ2) is 6.00. The Morgan fingerprint density at radius 1 is 1.17 bits per heavy atom. The van der Waals surface area contributed by atoms with Crippen molar-refractivity contribution in [3.8, 4) is 0 Å². The molecule has 1 unspecified atom stereocenters. The Balaban J connectivity index is 2.05. The minimum atomic E-state index is -0.419. The van der Waals surface area contributed by atoms with Gasteiger partial charge in [-0.25, -0.2) is 0 Å². The van der Waals surface area contributed by atoms with Crippen molar-refractivity contribution >= 4 is 27.3 Å². The average Bonchev–Trinajstić information content (AvgIpc) is 2.76. The van der Waals surface area contributed by atoms with Crippen LogP contribution in [0.1, 0.15) is 42.6 Å². The SMILES string of the molecule is CC(C)c1ccc(CC(O)c2csc(Br)c2)cc1. The van der Waals surface area contributed by atoms with Crippen LogP contribution < -0.4 is 0 Å². The van der Waals surface area contributed by atoms with Crippen LogP contribution >= 0.6 is 27.3 Å². The predicted molar refractivity (Wildman–Crippen MR) is 81.2 cm³/mol.